The molecule has 0 amide bonds. The van der Waals surface area contributed by atoms with Gasteiger partial charge in [-0.05, 0) is 0 Å². The van der Waals surface area contributed by atoms with E-state index in [1.54, 1.807) is 0 Å². The molecule has 0 aliphatic carbocycles. The Morgan fingerprint density at radius 3 is 1.00 bits per heavy atom. The van der Waals surface area contributed by atoms with Crippen LogP contribution in [0.3, 0.4) is 0 Å². The maximum Gasteiger partial charge on any atom is 0.0814 e. The SMILES string of the molecule is B.[Cu].[Fe].[Nd]. The Morgan fingerprint density at radius 2 is 1.00 bits per heavy atom. The molecule has 0 spiro atoms. The zero-order chi connectivity index (χ0) is 0. The molecule has 0 aromatic heterocycles. The average Bonchev–Trinajstić information content (AvgIpc) is 0. The smallest absolute Gasteiger partial charge is 0 e. The summed E-state index contributed by atoms with van der Waals surface area (Å²) in [5, 5.41) is 0. The van der Waals surface area contributed by atoms with Crippen LogP contribution < -0.4 is 0 Å². The van der Waals surface area contributed by atoms with Crippen LogP contribution in [0.25, 0.3) is 0 Å². The van der Waals surface area contributed by atoms with Crippen molar-refractivity contribution >= 4 is 8.41 Å². The molecule has 4 heavy (non-hydrogen) atoms. The zero-order valence-corrected chi connectivity index (χ0v) is 6.41. The van der Waals surface area contributed by atoms with Crippen molar-refractivity contribution in [1.29, 1.82) is 0 Å². The van der Waals surface area contributed by atoms with Crippen molar-refractivity contribution < 1.29 is 75.0 Å². The van der Waals surface area contributed by atoms with Crippen LogP contribution in [0.5, 0.6) is 0 Å². The minimum atomic E-state index is 0. The summed E-state index contributed by atoms with van der Waals surface area (Å²) in [6.45, 7) is 0. The second kappa shape index (κ2) is 18.0. The molecule has 1 radical (unpaired) electrons. The van der Waals surface area contributed by atoms with E-state index in [0.29, 0.717) is 0 Å². The average molecular weight is 277 g/mol. The molecule has 0 rings (SSSR count). The van der Waals surface area contributed by atoms with Crippen LogP contribution in [0.15, 0.2) is 0 Å². The summed E-state index contributed by atoms with van der Waals surface area (Å²) in [6.07, 6.45) is 0. The third kappa shape index (κ3) is 8.82. The van der Waals surface area contributed by atoms with Gasteiger partial charge < -0.3 is 0 Å². The van der Waals surface area contributed by atoms with Gasteiger partial charge in [-0.3, -0.25) is 0 Å². The van der Waals surface area contributed by atoms with Crippen LogP contribution in [0, 0.1) is 40.8 Å². The van der Waals surface area contributed by atoms with Crippen LogP contribution in [0.2, 0.25) is 0 Å². The summed E-state index contributed by atoms with van der Waals surface area (Å²) in [4.78, 5) is 0. The number of rotatable bonds is 0. The summed E-state index contributed by atoms with van der Waals surface area (Å²) in [7, 11) is 0. The van der Waals surface area contributed by atoms with Gasteiger partial charge in [0.05, 0.1) is 8.41 Å². The van der Waals surface area contributed by atoms with E-state index in [0.717, 1.165) is 0 Å². The predicted molar refractivity (Wildman–Crippen MR) is 9.94 cm³/mol. The molecule has 0 unspecified atom stereocenters. The molecule has 0 aliphatic heterocycles. The van der Waals surface area contributed by atoms with Crippen LogP contribution in [0.1, 0.15) is 0 Å². The molecule has 0 saturated carbocycles. The summed E-state index contributed by atoms with van der Waals surface area (Å²) in [6, 6.07) is 0. The second-order valence-corrected chi connectivity index (χ2v) is 0. The summed E-state index contributed by atoms with van der Waals surface area (Å²) >= 11 is 0. The topological polar surface area (TPSA) is 0 Å². The van der Waals surface area contributed by atoms with Crippen LogP contribution in [-0.2, 0) is 34.1 Å². The zero-order valence-electron chi connectivity index (χ0n) is 1.16. The molecule has 0 aromatic rings. The summed E-state index contributed by atoms with van der Waals surface area (Å²) in [5.41, 5.74) is 0. The third-order valence-corrected chi connectivity index (χ3v) is 0. The van der Waals surface area contributed by atoms with Crippen LogP contribution >= 0.6 is 0 Å². The summed E-state index contributed by atoms with van der Waals surface area (Å²) < 4.78 is 0. The van der Waals surface area contributed by atoms with Crippen molar-refractivity contribution in [2.45, 2.75) is 0 Å². The van der Waals surface area contributed by atoms with Crippen molar-refractivity contribution in [2.75, 3.05) is 0 Å². The fraction of sp³-hybridized carbons (Fsp3) is 0. The fourth-order valence-corrected chi connectivity index (χ4v) is 0. The van der Waals surface area contributed by atoms with E-state index < -0.39 is 0 Å². The number of hydrogen-bond acceptors (Lipinski definition) is 0. The summed E-state index contributed by atoms with van der Waals surface area (Å²) in [5.74, 6) is 0. The van der Waals surface area contributed by atoms with Gasteiger partial charge >= 0.3 is 0 Å². The maximum absolute atomic E-state index is 0. The molecule has 0 saturated heterocycles. The Kier molecular flexibility index (Phi) is 143. The largest absolute Gasteiger partial charge is 0.0814 e. The fourth-order valence-electron chi connectivity index (χ4n) is 0. The molecule has 0 nitrogen and oxygen atoms in total. The van der Waals surface area contributed by atoms with E-state index in [-0.39, 0.29) is 83.4 Å². The van der Waals surface area contributed by atoms with Gasteiger partial charge in [0, 0.05) is 75.0 Å². The quantitative estimate of drug-likeness (QED) is 0.489. The van der Waals surface area contributed by atoms with Crippen molar-refractivity contribution in [2.24, 2.45) is 0 Å². The molecule has 4 heteroatoms. The Labute approximate surface area is 81.9 Å². The van der Waals surface area contributed by atoms with Gasteiger partial charge in [0.15, 0.2) is 0 Å². The minimum absolute atomic E-state index is 0. The molecule has 0 atom stereocenters. The van der Waals surface area contributed by atoms with Gasteiger partial charge in [-0.1, -0.05) is 0 Å². The van der Waals surface area contributed by atoms with E-state index >= 15 is 0 Å². The van der Waals surface area contributed by atoms with E-state index in [1.807, 2.05) is 0 Å². The Bertz CT molecular complexity index is 8.00. The van der Waals surface area contributed by atoms with Crippen molar-refractivity contribution in [1.82, 2.24) is 0 Å². The van der Waals surface area contributed by atoms with Crippen molar-refractivity contribution in [3.63, 3.8) is 0 Å². The minimum Gasteiger partial charge on any atom is 0 e. The predicted octanol–water partition coefficient (Wildman–Crippen LogP) is -1.19. The van der Waals surface area contributed by atoms with Gasteiger partial charge in [-0.25, -0.2) is 0 Å². The first-order chi connectivity index (χ1) is 0. The standard InChI is InChI=1S/BH3.Cu.Fe.Nd/h1H3;;;. The van der Waals surface area contributed by atoms with Gasteiger partial charge in [-0.2, -0.15) is 0 Å². The first-order valence-electron chi connectivity index (χ1n) is 0. The molecule has 29 valence electrons. The van der Waals surface area contributed by atoms with Crippen molar-refractivity contribution in [3.8, 4) is 0 Å². The maximum atomic E-state index is 0. The van der Waals surface area contributed by atoms with E-state index in [4.69, 9.17) is 0 Å². The monoisotopic (exact) mass is 275 g/mol. The number of hydrogen-bond donors (Lipinski definition) is 0. The molecule has 0 heterocycles. The molecule has 0 fully saturated rings. The van der Waals surface area contributed by atoms with Gasteiger partial charge in [0.2, 0.25) is 0 Å². The molecular formula is H3BCuFeNd. The molecule has 0 N–H and O–H groups in total. The third-order valence-electron chi connectivity index (χ3n) is 0. The van der Waals surface area contributed by atoms with Gasteiger partial charge in [0.25, 0.3) is 0 Å². The van der Waals surface area contributed by atoms with Crippen LogP contribution in [-0.4, -0.2) is 8.41 Å². The van der Waals surface area contributed by atoms with E-state index in [1.165, 1.54) is 0 Å². The Morgan fingerprint density at radius 1 is 1.00 bits per heavy atom. The molecule has 0 bridgehead atoms. The van der Waals surface area contributed by atoms with E-state index in [9.17, 15) is 0 Å². The second-order valence-electron chi connectivity index (χ2n) is 0. The van der Waals surface area contributed by atoms with Crippen LogP contribution in [0.4, 0.5) is 0 Å². The Hall–Kier alpha value is 2.45. The molecular weight excluding hydrogens is 274 g/mol. The van der Waals surface area contributed by atoms with Crippen molar-refractivity contribution in [3.05, 3.63) is 0 Å². The normalized spacial score (nSPS) is 0. The Balaban J connectivity index is 0. The van der Waals surface area contributed by atoms with Gasteiger partial charge in [0.1, 0.15) is 0 Å². The molecule has 0 aromatic carbocycles. The first-order valence-corrected chi connectivity index (χ1v) is 0. The first kappa shape index (κ1) is 31.9. The van der Waals surface area contributed by atoms with E-state index in [2.05, 4.69) is 0 Å². The molecule has 0 aliphatic rings. The van der Waals surface area contributed by atoms with Gasteiger partial charge in [-0.15, -0.1) is 0 Å².